The van der Waals surface area contributed by atoms with Crippen LogP contribution in [-0.2, 0) is 6.42 Å². The molecule has 2 aromatic heterocycles. The van der Waals surface area contributed by atoms with Gasteiger partial charge in [0, 0.05) is 23.1 Å². The van der Waals surface area contributed by atoms with Crippen LogP contribution in [0.1, 0.15) is 41.5 Å². The van der Waals surface area contributed by atoms with E-state index in [1.807, 2.05) is 12.3 Å². The van der Waals surface area contributed by atoms with E-state index in [2.05, 4.69) is 35.5 Å². The second-order valence-electron chi connectivity index (χ2n) is 5.08. The van der Waals surface area contributed by atoms with Gasteiger partial charge in [0.15, 0.2) is 0 Å². The lowest BCUT2D eigenvalue weighted by Gasteiger charge is -2.20. The quantitative estimate of drug-likeness (QED) is 0.835. The van der Waals surface area contributed by atoms with Crippen LogP contribution in [0.25, 0.3) is 5.82 Å². The first-order valence-corrected chi connectivity index (χ1v) is 6.49. The molecule has 1 aliphatic carbocycles. The van der Waals surface area contributed by atoms with Crippen molar-refractivity contribution in [3.8, 4) is 5.82 Å². The molecule has 2 heterocycles. The normalized spacial score (nSPS) is 18.7. The van der Waals surface area contributed by atoms with Gasteiger partial charge in [-0.3, -0.25) is 0 Å². The van der Waals surface area contributed by atoms with E-state index in [1.165, 1.54) is 11.3 Å². The van der Waals surface area contributed by atoms with Crippen molar-refractivity contribution < 1.29 is 5.11 Å². The maximum Gasteiger partial charge on any atom is 0.139 e. The molecule has 1 atom stereocenters. The molecule has 3 rings (SSSR count). The molecule has 1 unspecified atom stereocenters. The van der Waals surface area contributed by atoms with Crippen molar-refractivity contribution >= 4 is 0 Å². The lowest BCUT2D eigenvalue weighted by Crippen LogP contribution is -2.13. The molecule has 3 nitrogen and oxygen atoms in total. The number of rotatable bonds is 1. The smallest absolute Gasteiger partial charge is 0.139 e. The number of pyridine rings is 1. The molecule has 0 aromatic carbocycles. The molecule has 0 bridgehead atoms. The Labute approximate surface area is 107 Å². The minimum absolute atomic E-state index is 0.308. The van der Waals surface area contributed by atoms with Gasteiger partial charge < -0.3 is 9.67 Å². The fourth-order valence-electron chi connectivity index (χ4n) is 2.88. The van der Waals surface area contributed by atoms with Gasteiger partial charge in [0.2, 0.25) is 0 Å². The first-order valence-electron chi connectivity index (χ1n) is 6.49. The minimum atomic E-state index is -0.308. The molecule has 2 aromatic rings. The number of aryl methyl sites for hydroxylation is 2. The van der Waals surface area contributed by atoms with Gasteiger partial charge >= 0.3 is 0 Å². The highest BCUT2D eigenvalue weighted by atomic mass is 16.3. The lowest BCUT2D eigenvalue weighted by atomic mass is 9.95. The Bertz CT molecular complexity index is 586. The Kier molecular flexibility index (Phi) is 2.71. The number of aliphatic hydroxyl groups excluding tert-OH is 1. The minimum Gasteiger partial charge on any atom is -0.388 e. The Hall–Kier alpha value is -1.61. The Morgan fingerprint density at radius 2 is 2.22 bits per heavy atom. The standard InChI is InChI=1S/C15H18N2O/c1-10-5-4-8-16-15(10)17-11(2)9-12-13(17)6-3-7-14(12)18/h4-5,8-9,14,18H,3,6-7H2,1-2H3. The molecular weight excluding hydrogens is 224 g/mol. The van der Waals surface area contributed by atoms with E-state index >= 15 is 0 Å². The summed E-state index contributed by atoms with van der Waals surface area (Å²) in [4.78, 5) is 4.50. The van der Waals surface area contributed by atoms with Crippen LogP contribution in [0.3, 0.4) is 0 Å². The Morgan fingerprint density at radius 3 is 3.00 bits per heavy atom. The lowest BCUT2D eigenvalue weighted by molar-refractivity contribution is 0.156. The van der Waals surface area contributed by atoms with Crippen LogP contribution in [0.4, 0.5) is 0 Å². The molecule has 18 heavy (non-hydrogen) atoms. The average Bonchev–Trinajstić information content (AvgIpc) is 2.68. The molecule has 0 amide bonds. The van der Waals surface area contributed by atoms with Crippen LogP contribution in [0.2, 0.25) is 0 Å². The summed E-state index contributed by atoms with van der Waals surface area (Å²) in [6.07, 6.45) is 4.46. The average molecular weight is 242 g/mol. The summed E-state index contributed by atoms with van der Waals surface area (Å²) < 4.78 is 2.20. The van der Waals surface area contributed by atoms with Crippen LogP contribution >= 0.6 is 0 Å². The molecule has 1 N–H and O–H groups in total. The van der Waals surface area contributed by atoms with Gasteiger partial charge in [-0.2, -0.15) is 0 Å². The van der Waals surface area contributed by atoms with Crippen LogP contribution in [0.15, 0.2) is 24.4 Å². The van der Waals surface area contributed by atoms with Gasteiger partial charge in [-0.25, -0.2) is 4.98 Å². The van der Waals surface area contributed by atoms with Crippen LogP contribution in [0.5, 0.6) is 0 Å². The van der Waals surface area contributed by atoms with Crippen molar-refractivity contribution in [1.29, 1.82) is 0 Å². The van der Waals surface area contributed by atoms with Gasteiger partial charge in [0.1, 0.15) is 5.82 Å². The van der Waals surface area contributed by atoms with Gasteiger partial charge in [-0.05, 0) is 50.8 Å². The molecule has 94 valence electrons. The predicted octanol–water partition coefficient (Wildman–Crippen LogP) is 2.86. The van der Waals surface area contributed by atoms with E-state index in [0.29, 0.717) is 0 Å². The molecule has 0 aliphatic heterocycles. The van der Waals surface area contributed by atoms with Gasteiger partial charge in [0.05, 0.1) is 6.10 Å². The molecule has 3 heteroatoms. The van der Waals surface area contributed by atoms with E-state index in [0.717, 1.165) is 36.3 Å². The number of aromatic nitrogens is 2. The third-order valence-corrected chi connectivity index (χ3v) is 3.76. The second-order valence-corrected chi connectivity index (χ2v) is 5.08. The second kappa shape index (κ2) is 4.25. The molecule has 0 spiro atoms. The van der Waals surface area contributed by atoms with E-state index < -0.39 is 0 Å². The molecule has 1 aliphatic rings. The van der Waals surface area contributed by atoms with Crippen molar-refractivity contribution in [1.82, 2.24) is 9.55 Å². The first kappa shape index (κ1) is 11.5. The number of hydrogen-bond acceptors (Lipinski definition) is 2. The fraction of sp³-hybridized carbons (Fsp3) is 0.400. The summed E-state index contributed by atoms with van der Waals surface area (Å²) in [5.74, 6) is 0.991. The zero-order chi connectivity index (χ0) is 12.7. The highest BCUT2D eigenvalue weighted by Gasteiger charge is 2.24. The Morgan fingerprint density at radius 1 is 1.39 bits per heavy atom. The van der Waals surface area contributed by atoms with Crippen molar-refractivity contribution in [2.45, 2.75) is 39.2 Å². The van der Waals surface area contributed by atoms with E-state index in [1.54, 1.807) is 0 Å². The largest absolute Gasteiger partial charge is 0.388 e. The Balaban J connectivity index is 2.22. The van der Waals surface area contributed by atoms with Gasteiger partial charge in [0.25, 0.3) is 0 Å². The van der Waals surface area contributed by atoms with Crippen LogP contribution in [0, 0.1) is 13.8 Å². The van der Waals surface area contributed by atoms with Crippen molar-refractivity contribution in [2.75, 3.05) is 0 Å². The fourth-order valence-corrected chi connectivity index (χ4v) is 2.88. The summed E-state index contributed by atoms with van der Waals surface area (Å²) in [6, 6.07) is 6.14. The summed E-state index contributed by atoms with van der Waals surface area (Å²) in [6.45, 7) is 4.16. The first-order chi connectivity index (χ1) is 8.68. The molecule has 0 fully saturated rings. The summed E-state index contributed by atoms with van der Waals surface area (Å²) in [5, 5.41) is 10.1. The number of aliphatic hydroxyl groups is 1. The molecule has 0 radical (unpaired) electrons. The molecular formula is C15H18N2O. The van der Waals surface area contributed by atoms with E-state index in [9.17, 15) is 5.11 Å². The van der Waals surface area contributed by atoms with Gasteiger partial charge in [-0.15, -0.1) is 0 Å². The number of hydrogen-bond donors (Lipinski definition) is 1. The zero-order valence-electron chi connectivity index (χ0n) is 10.8. The monoisotopic (exact) mass is 242 g/mol. The van der Waals surface area contributed by atoms with Crippen molar-refractivity contribution in [2.24, 2.45) is 0 Å². The maximum absolute atomic E-state index is 10.1. The van der Waals surface area contributed by atoms with E-state index in [4.69, 9.17) is 0 Å². The van der Waals surface area contributed by atoms with E-state index in [-0.39, 0.29) is 6.10 Å². The van der Waals surface area contributed by atoms with Crippen molar-refractivity contribution in [3.63, 3.8) is 0 Å². The third kappa shape index (κ3) is 1.66. The van der Waals surface area contributed by atoms with Crippen molar-refractivity contribution in [3.05, 3.63) is 46.9 Å². The predicted molar refractivity (Wildman–Crippen MR) is 70.9 cm³/mol. The maximum atomic E-state index is 10.1. The number of nitrogens with zero attached hydrogens (tertiary/aromatic N) is 2. The zero-order valence-corrected chi connectivity index (χ0v) is 10.8. The SMILES string of the molecule is Cc1cccnc1-n1c(C)cc2c1CCCC2O. The van der Waals surface area contributed by atoms with Gasteiger partial charge in [-0.1, -0.05) is 6.07 Å². The topological polar surface area (TPSA) is 38.0 Å². The van der Waals surface area contributed by atoms with Crippen LogP contribution < -0.4 is 0 Å². The van der Waals surface area contributed by atoms with Crippen LogP contribution in [-0.4, -0.2) is 14.7 Å². The summed E-state index contributed by atoms with van der Waals surface area (Å²) in [7, 11) is 0. The highest BCUT2D eigenvalue weighted by Crippen LogP contribution is 2.33. The third-order valence-electron chi connectivity index (χ3n) is 3.76. The summed E-state index contributed by atoms with van der Waals surface area (Å²) in [5.41, 5.74) is 4.64. The highest BCUT2D eigenvalue weighted by molar-refractivity contribution is 5.43. The molecule has 0 saturated carbocycles. The molecule has 0 saturated heterocycles. The summed E-state index contributed by atoms with van der Waals surface area (Å²) >= 11 is 0. The number of fused-ring (bicyclic) bond motifs is 1.